The van der Waals surface area contributed by atoms with E-state index in [0.29, 0.717) is 17.0 Å². The number of hydrogen-bond acceptors (Lipinski definition) is 5. The largest absolute Gasteiger partial charge is 0.465 e. The lowest BCUT2D eigenvalue weighted by Crippen LogP contribution is -2.20. The van der Waals surface area contributed by atoms with Crippen molar-refractivity contribution in [3.63, 3.8) is 0 Å². The lowest BCUT2D eigenvalue weighted by molar-refractivity contribution is -0.150. The average Bonchev–Trinajstić information content (AvgIpc) is 2.75. The molecule has 3 aromatic rings. The standard InChI is InChI=1S/C11H10ClNO.C7H12O3.C6H6ClN/c1-6-7(2)13-10-4-3-8(12)5-9(10)11(6)14;1-4-10-7(9)5(2)6(3)8;7-5-1-3-6(8)4-2-5/h3-5H,1-2H3,(H,13,14);5H,4H2,1-3H3;1-4H,8H2. The Morgan fingerprint density at radius 1 is 1.06 bits per heavy atom. The molecule has 172 valence electrons. The Morgan fingerprint density at radius 2 is 1.62 bits per heavy atom. The quantitative estimate of drug-likeness (QED) is 0.294. The minimum absolute atomic E-state index is 0.0544. The van der Waals surface area contributed by atoms with E-state index in [2.05, 4.69) is 9.72 Å². The molecule has 2 aromatic carbocycles. The van der Waals surface area contributed by atoms with Crippen LogP contribution in [0, 0.1) is 19.8 Å². The second-order valence-electron chi connectivity index (χ2n) is 7.03. The summed E-state index contributed by atoms with van der Waals surface area (Å²) in [7, 11) is 0. The van der Waals surface area contributed by atoms with Gasteiger partial charge in [-0.3, -0.25) is 14.4 Å². The number of aromatic amines is 1. The van der Waals surface area contributed by atoms with E-state index in [9.17, 15) is 14.4 Å². The number of Topliss-reactive ketones (excluding diaryl/α,β-unsaturated/α-hetero) is 1. The van der Waals surface area contributed by atoms with Gasteiger partial charge in [0.05, 0.1) is 6.61 Å². The Bertz CT molecular complexity index is 1100. The molecule has 0 fully saturated rings. The van der Waals surface area contributed by atoms with Gasteiger partial charge in [0.1, 0.15) is 11.7 Å². The second-order valence-corrected chi connectivity index (χ2v) is 7.90. The topological polar surface area (TPSA) is 102 Å². The summed E-state index contributed by atoms with van der Waals surface area (Å²) < 4.78 is 4.61. The van der Waals surface area contributed by atoms with Crippen molar-refractivity contribution in [3.8, 4) is 0 Å². The Morgan fingerprint density at radius 3 is 2.12 bits per heavy atom. The molecular weight excluding hydrogens is 451 g/mol. The molecule has 0 aliphatic heterocycles. The molecule has 0 amide bonds. The third-order valence-corrected chi connectivity index (χ3v) is 5.06. The van der Waals surface area contributed by atoms with Gasteiger partial charge in [-0.1, -0.05) is 23.2 Å². The van der Waals surface area contributed by atoms with Crippen LogP contribution in [0.15, 0.2) is 47.3 Å². The maximum atomic E-state index is 11.8. The van der Waals surface area contributed by atoms with E-state index in [1.165, 1.54) is 6.92 Å². The number of nitrogens with two attached hydrogens (primary N) is 1. The first-order valence-corrected chi connectivity index (χ1v) is 10.7. The number of carbonyl (C=O) groups excluding carboxylic acids is 2. The van der Waals surface area contributed by atoms with E-state index in [1.54, 1.807) is 50.2 Å². The van der Waals surface area contributed by atoms with Gasteiger partial charge >= 0.3 is 5.97 Å². The number of halogens is 2. The van der Waals surface area contributed by atoms with Crippen LogP contribution in [0.1, 0.15) is 32.0 Å². The number of rotatable bonds is 3. The predicted octanol–water partition coefficient (Wildman–Crippen LogP) is 5.50. The third kappa shape index (κ3) is 8.36. The zero-order chi connectivity index (χ0) is 24.4. The summed E-state index contributed by atoms with van der Waals surface area (Å²) in [6.45, 7) is 8.67. The van der Waals surface area contributed by atoms with E-state index in [4.69, 9.17) is 28.9 Å². The van der Waals surface area contributed by atoms with Crippen LogP contribution in [0.25, 0.3) is 10.9 Å². The van der Waals surface area contributed by atoms with Crippen LogP contribution in [0.4, 0.5) is 5.69 Å². The highest BCUT2D eigenvalue weighted by atomic mass is 35.5. The van der Waals surface area contributed by atoms with Gasteiger partial charge in [-0.05, 0) is 77.1 Å². The Hall–Kier alpha value is -2.83. The zero-order valence-corrected chi connectivity index (χ0v) is 20.3. The number of ether oxygens (including phenoxy) is 1. The first-order chi connectivity index (χ1) is 15.0. The van der Waals surface area contributed by atoms with Crippen molar-refractivity contribution in [1.82, 2.24) is 4.98 Å². The van der Waals surface area contributed by atoms with Crippen LogP contribution in [0.2, 0.25) is 10.0 Å². The number of aryl methyl sites for hydroxylation is 1. The minimum atomic E-state index is -0.611. The van der Waals surface area contributed by atoms with Gasteiger partial charge in [0.25, 0.3) is 0 Å². The van der Waals surface area contributed by atoms with Crippen molar-refractivity contribution in [2.45, 2.75) is 34.6 Å². The van der Waals surface area contributed by atoms with Gasteiger partial charge in [0, 0.05) is 37.9 Å². The average molecular weight is 479 g/mol. The number of benzene rings is 2. The number of hydrogen-bond donors (Lipinski definition) is 2. The van der Waals surface area contributed by atoms with Gasteiger partial charge in [0.15, 0.2) is 5.43 Å². The molecular formula is C24H28Cl2N2O4. The highest BCUT2D eigenvalue weighted by molar-refractivity contribution is 6.31. The van der Waals surface area contributed by atoms with E-state index in [-0.39, 0.29) is 11.2 Å². The molecule has 8 heteroatoms. The van der Waals surface area contributed by atoms with Gasteiger partial charge < -0.3 is 15.5 Å². The zero-order valence-electron chi connectivity index (χ0n) is 18.8. The first kappa shape index (κ1) is 27.2. The molecule has 0 radical (unpaired) electrons. The highest BCUT2D eigenvalue weighted by Gasteiger charge is 2.17. The SMILES string of the molecule is CCOC(=O)C(C)C(C)=O.Cc1[nH]c2ccc(Cl)cc2c(=O)c1C.Nc1ccc(Cl)cc1. The molecule has 0 saturated carbocycles. The molecule has 3 rings (SSSR count). The van der Waals surface area contributed by atoms with Crippen molar-refractivity contribution in [3.05, 3.63) is 74.0 Å². The smallest absolute Gasteiger partial charge is 0.316 e. The predicted molar refractivity (Wildman–Crippen MR) is 131 cm³/mol. The molecule has 1 unspecified atom stereocenters. The third-order valence-electron chi connectivity index (χ3n) is 4.57. The van der Waals surface area contributed by atoms with E-state index in [0.717, 1.165) is 27.5 Å². The Balaban J connectivity index is 0.000000252. The van der Waals surface area contributed by atoms with Crippen LogP contribution < -0.4 is 11.2 Å². The molecule has 0 aliphatic rings. The number of ketones is 1. The summed E-state index contributed by atoms with van der Waals surface area (Å²) in [5.41, 5.74) is 8.66. The van der Waals surface area contributed by atoms with Crippen LogP contribution >= 0.6 is 23.2 Å². The highest BCUT2D eigenvalue weighted by Crippen LogP contribution is 2.16. The molecule has 0 spiro atoms. The van der Waals surface area contributed by atoms with E-state index < -0.39 is 11.9 Å². The molecule has 0 saturated heterocycles. The number of carbonyl (C=O) groups is 2. The summed E-state index contributed by atoms with van der Waals surface area (Å²) in [4.78, 5) is 36.3. The molecule has 1 aromatic heterocycles. The number of aromatic nitrogens is 1. The van der Waals surface area contributed by atoms with Gasteiger partial charge in [-0.25, -0.2) is 0 Å². The molecule has 1 atom stereocenters. The van der Waals surface area contributed by atoms with Crippen molar-refractivity contribution in [2.75, 3.05) is 12.3 Å². The second kappa shape index (κ2) is 12.9. The number of nitrogen functional groups attached to an aromatic ring is 1. The summed E-state index contributed by atoms with van der Waals surface area (Å²) in [5.74, 6) is -1.20. The maximum Gasteiger partial charge on any atom is 0.316 e. The minimum Gasteiger partial charge on any atom is -0.465 e. The number of pyridine rings is 1. The number of H-pyrrole nitrogens is 1. The Labute approximate surface area is 197 Å². The fourth-order valence-electron chi connectivity index (χ4n) is 2.38. The fraction of sp³-hybridized carbons (Fsp3) is 0.292. The van der Waals surface area contributed by atoms with Crippen molar-refractivity contribution >= 4 is 51.5 Å². The van der Waals surface area contributed by atoms with Crippen LogP contribution in [-0.2, 0) is 14.3 Å². The van der Waals surface area contributed by atoms with Crippen LogP contribution in [0.3, 0.4) is 0 Å². The number of anilines is 1. The molecule has 6 nitrogen and oxygen atoms in total. The van der Waals surface area contributed by atoms with Crippen molar-refractivity contribution in [1.29, 1.82) is 0 Å². The maximum absolute atomic E-state index is 11.8. The van der Waals surface area contributed by atoms with Crippen LogP contribution in [-0.4, -0.2) is 23.3 Å². The lowest BCUT2D eigenvalue weighted by Gasteiger charge is -2.04. The van der Waals surface area contributed by atoms with Gasteiger partial charge in [-0.2, -0.15) is 0 Å². The normalized spacial score (nSPS) is 10.8. The number of esters is 1. The Kier molecular flexibility index (Phi) is 11.0. The molecule has 0 bridgehead atoms. The summed E-state index contributed by atoms with van der Waals surface area (Å²) >= 11 is 11.4. The summed E-state index contributed by atoms with van der Waals surface area (Å²) in [6.07, 6.45) is 0. The van der Waals surface area contributed by atoms with Crippen molar-refractivity contribution < 1.29 is 14.3 Å². The molecule has 3 N–H and O–H groups in total. The first-order valence-electron chi connectivity index (χ1n) is 9.94. The summed E-state index contributed by atoms with van der Waals surface area (Å²) in [6, 6.07) is 12.3. The lowest BCUT2D eigenvalue weighted by atomic mass is 10.1. The molecule has 32 heavy (non-hydrogen) atoms. The number of fused-ring (bicyclic) bond motifs is 1. The van der Waals surface area contributed by atoms with Gasteiger partial charge in [-0.15, -0.1) is 0 Å². The van der Waals surface area contributed by atoms with E-state index in [1.807, 2.05) is 19.9 Å². The van der Waals surface area contributed by atoms with Crippen molar-refractivity contribution in [2.24, 2.45) is 5.92 Å². The monoisotopic (exact) mass is 478 g/mol. The fourth-order valence-corrected chi connectivity index (χ4v) is 2.68. The summed E-state index contributed by atoms with van der Waals surface area (Å²) in [5, 5.41) is 1.96. The van der Waals surface area contributed by atoms with Gasteiger partial charge in [0.2, 0.25) is 0 Å². The number of nitrogens with one attached hydrogen (secondary N) is 1. The van der Waals surface area contributed by atoms with Crippen LogP contribution in [0.5, 0.6) is 0 Å². The van der Waals surface area contributed by atoms with E-state index >= 15 is 0 Å². The molecule has 0 aliphatic carbocycles. The molecule has 1 heterocycles.